The van der Waals surface area contributed by atoms with Crippen LogP contribution in [0.5, 0.6) is 0 Å². The molecule has 2 aliphatic carbocycles. The molecule has 0 radical (unpaired) electrons. The topological polar surface area (TPSA) is 52.0 Å². The minimum Gasteiger partial charge on any atom is -0.326 e. The van der Waals surface area contributed by atoms with Crippen LogP contribution in [0.15, 0.2) is 0 Å². The van der Waals surface area contributed by atoms with E-state index in [0.29, 0.717) is 18.9 Å². The summed E-state index contributed by atoms with van der Waals surface area (Å²) in [6, 6.07) is 0.746. The fraction of sp³-hybridized carbons (Fsp3) is 1.00. The smallest absolute Gasteiger partial charge is 0.0386 e. The summed E-state index contributed by atoms with van der Waals surface area (Å²) in [5.74, 6) is 0. The van der Waals surface area contributed by atoms with Crippen molar-refractivity contribution in [3.8, 4) is 0 Å². The molecule has 0 heterocycles. The molecule has 4 N–H and O–H groups in total. The first-order valence-corrected chi connectivity index (χ1v) is 9.01. The molecule has 0 aromatic carbocycles. The van der Waals surface area contributed by atoms with Gasteiger partial charge in [0.25, 0.3) is 0 Å². The second kappa shape index (κ2) is 5.79. The highest BCUT2D eigenvalue weighted by atomic mass is 127. The molecule has 0 aromatic heterocycles. The minimum absolute atomic E-state index is 0.298. The highest BCUT2D eigenvalue weighted by molar-refractivity contribution is 14.1. The zero-order chi connectivity index (χ0) is 12.5. The van der Waals surface area contributed by atoms with E-state index in [-0.39, 0.29) is 0 Å². The maximum absolute atomic E-state index is 6.38. The van der Waals surface area contributed by atoms with Crippen LogP contribution in [-0.2, 0) is 0 Å². The van der Waals surface area contributed by atoms with Crippen molar-refractivity contribution < 1.29 is 0 Å². The third kappa shape index (κ3) is 3.28. The maximum atomic E-state index is 6.38. The average Bonchev–Trinajstić information content (AvgIpc) is 2.27. The van der Waals surface area contributed by atoms with Crippen molar-refractivity contribution in [3.05, 3.63) is 0 Å². The molecule has 2 rings (SSSR count). The molecule has 0 saturated heterocycles. The molecule has 0 spiro atoms. The van der Waals surface area contributed by atoms with Gasteiger partial charge in [0.1, 0.15) is 0 Å². The van der Waals surface area contributed by atoms with Crippen LogP contribution in [-0.4, -0.2) is 18.9 Å². The van der Waals surface area contributed by atoms with Gasteiger partial charge in [-0.15, -0.1) is 0 Å². The van der Waals surface area contributed by atoms with Crippen LogP contribution in [0.2, 0.25) is 0 Å². The van der Waals surface area contributed by atoms with Crippen molar-refractivity contribution >= 4 is 45.2 Å². The molecule has 2 fully saturated rings. The Morgan fingerprint density at radius 1 is 0.824 bits per heavy atom. The molecule has 2 aliphatic rings. The Morgan fingerprint density at radius 3 is 1.59 bits per heavy atom. The molecular weight excluding hydrogens is 438 g/mol. The van der Waals surface area contributed by atoms with E-state index in [4.69, 9.17) is 11.5 Å². The normalized spacial score (nSPS) is 48.0. The highest BCUT2D eigenvalue weighted by Gasteiger charge is 2.46. The predicted molar refractivity (Wildman–Crippen MR) is 91.0 cm³/mol. The molecule has 100 valence electrons. The van der Waals surface area contributed by atoms with Crippen molar-refractivity contribution in [1.82, 2.24) is 0 Å². The molecule has 0 aliphatic heterocycles. The molecule has 4 atom stereocenters. The molecule has 2 nitrogen and oxygen atoms in total. The van der Waals surface area contributed by atoms with Gasteiger partial charge in [-0.25, -0.2) is 0 Å². The first-order valence-electron chi connectivity index (χ1n) is 6.85. The van der Waals surface area contributed by atoms with Gasteiger partial charge >= 0.3 is 0 Å². The fourth-order valence-corrected chi connectivity index (χ4v) is 6.86. The molecule has 4 heteroatoms. The first kappa shape index (κ1) is 14.8. The molecular formula is C13H24I2N2. The van der Waals surface area contributed by atoms with Gasteiger partial charge in [0, 0.05) is 18.9 Å². The largest absolute Gasteiger partial charge is 0.326 e. The summed E-state index contributed by atoms with van der Waals surface area (Å²) >= 11 is 5.31. The van der Waals surface area contributed by atoms with Gasteiger partial charge in [0.05, 0.1) is 0 Å². The summed E-state index contributed by atoms with van der Waals surface area (Å²) in [6.07, 6.45) is 11.5. The number of halogens is 2. The molecule has 2 saturated carbocycles. The number of rotatable bonds is 2. The minimum atomic E-state index is 0.298. The molecule has 0 bridgehead atoms. The second-order valence-electron chi connectivity index (χ2n) is 5.95. The van der Waals surface area contributed by atoms with E-state index in [1.165, 1.54) is 57.8 Å². The zero-order valence-electron chi connectivity index (χ0n) is 10.4. The Kier molecular flexibility index (Phi) is 5.03. The molecule has 0 amide bonds. The van der Waals surface area contributed by atoms with Gasteiger partial charge in [0.15, 0.2) is 0 Å². The summed E-state index contributed by atoms with van der Waals surface area (Å²) in [4.78, 5) is 0. The average molecular weight is 462 g/mol. The monoisotopic (exact) mass is 462 g/mol. The third-order valence-electron chi connectivity index (χ3n) is 4.63. The van der Waals surface area contributed by atoms with E-state index in [1.54, 1.807) is 0 Å². The number of alkyl halides is 2. The summed E-state index contributed by atoms with van der Waals surface area (Å²) in [7, 11) is 0. The van der Waals surface area contributed by atoms with E-state index in [2.05, 4.69) is 45.2 Å². The van der Waals surface area contributed by atoms with Crippen LogP contribution in [0.4, 0.5) is 0 Å². The lowest BCUT2D eigenvalue weighted by atomic mass is 9.73. The Morgan fingerprint density at radius 2 is 1.24 bits per heavy atom. The Bertz CT molecular complexity index is 248. The van der Waals surface area contributed by atoms with Crippen LogP contribution < -0.4 is 11.5 Å². The number of nitrogens with two attached hydrogens (primary N) is 2. The van der Waals surface area contributed by atoms with Crippen LogP contribution in [0.25, 0.3) is 0 Å². The van der Waals surface area contributed by atoms with Crippen molar-refractivity contribution in [1.29, 1.82) is 0 Å². The van der Waals surface area contributed by atoms with Crippen molar-refractivity contribution in [3.63, 3.8) is 0 Å². The van der Waals surface area contributed by atoms with Crippen molar-refractivity contribution in [2.24, 2.45) is 11.5 Å². The van der Waals surface area contributed by atoms with E-state index in [0.717, 1.165) is 0 Å². The summed E-state index contributed by atoms with van der Waals surface area (Å²) in [6.45, 7) is 0. The quantitative estimate of drug-likeness (QED) is 0.488. The first-order chi connectivity index (χ1) is 7.96. The van der Waals surface area contributed by atoms with Gasteiger partial charge in [-0.2, -0.15) is 0 Å². The van der Waals surface area contributed by atoms with Gasteiger partial charge in [-0.3, -0.25) is 0 Å². The van der Waals surface area contributed by atoms with Crippen molar-refractivity contribution in [2.75, 3.05) is 0 Å². The van der Waals surface area contributed by atoms with Gasteiger partial charge in [0.2, 0.25) is 0 Å². The highest BCUT2D eigenvalue weighted by Crippen LogP contribution is 2.48. The SMILES string of the molecule is NC1CCCCC1(I)CC1(I)CCCCC1N. The van der Waals surface area contributed by atoms with E-state index in [9.17, 15) is 0 Å². The molecule has 4 unspecified atom stereocenters. The van der Waals surface area contributed by atoms with Crippen LogP contribution in [0.3, 0.4) is 0 Å². The van der Waals surface area contributed by atoms with E-state index >= 15 is 0 Å². The third-order valence-corrected chi connectivity index (χ3v) is 8.07. The lowest BCUT2D eigenvalue weighted by Crippen LogP contribution is -2.54. The standard InChI is InChI=1S/C13H24I2N2/c14-12(7-3-1-5-10(12)16)9-13(15)8-4-2-6-11(13)17/h10-11H,1-9,16-17H2. The van der Waals surface area contributed by atoms with Crippen LogP contribution in [0.1, 0.15) is 57.8 Å². The summed E-state index contributed by atoms with van der Waals surface area (Å²) in [5, 5.41) is 0. The lowest BCUT2D eigenvalue weighted by Gasteiger charge is -2.47. The molecule has 0 aromatic rings. The van der Waals surface area contributed by atoms with Crippen LogP contribution in [0, 0.1) is 0 Å². The molecule has 17 heavy (non-hydrogen) atoms. The van der Waals surface area contributed by atoms with Crippen LogP contribution >= 0.6 is 45.2 Å². The van der Waals surface area contributed by atoms with Crippen molar-refractivity contribution in [2.45, 2.75) is 76.7 Å². The summed E-state index contributed by atoms with van der Waals surface area (Å²) in [5.41, 5.74) is 12.8. The fourth-order valence-electron chi connectivity index (χ4n) is 3.38. The second-order valence-corrected chi connectivity index (χ2v) is 10.2. The Hall–Kier alpha value is 1.38. The van der Waals surface area contributed by atoms with E-state index in [1.807, 2.05) is 0 Å². The maximum Gasteiger partial charge on any atom is 0.0386 e. The van der Waals surface area contributed by atoms with Gasteiger partial charge < -0.3 is 11.5 Å². The van der Waals surface area contributed by atoms with E-state index < -0.39 is 0 Å². The summed E-state index contributed by atoms with van der Waals surface area (Å²) < 4.78 is 0.596. The Balaban J connectivity index is 2.07. The predicted octanol–water partition coefficient (Wildman–Crippen LogP) is 3.53. The number of hydrogen-bond acceptors (Lipinski definition) is 2. The van der Waals surface area contributed by atoms with Gasteiger partial charge in [-0.05, 0) is 32.1 Å². The zero-order valence-corrected chi connectivity index (χ0v) is 14.7. The Labute approximate surface area is 132 Å². The van der Waals surface area contributed by atoms with Gasteiger partial charge in [-0.1, -0.05) is 70.9 Å². The lowest BCUT2D eigenvalue weighted by molar-refractivity contribution is 0.270. The number of hydrogen-bond donors (Lipinski definition) is 2.